The highest BCUT2D eigenvalue weighted by molar-refractivity contribution is 5.78. The Bertz CT molecular complexity index is 579. The highest BCUT2D eigenvalue weighted by Gasteiger charge is 2.40. The van der Waals surface area contributed by atoms with Crippen LogP contribution in [-0.2, 0) is 23.9 Å². The maximum Gasteiger partial charge on any atom is 0.328 e. The van der Waals surface area contributed by atoms with E-state index in [1.165, 1.54) is 64.2 Å². The van der Waals surface area contributed by atoms with Crippen molar-refractivity contribution in [1.29, 1.82) is 0 Å². The molecule has 0 spiro atoms. The van der Waals surface area contributed by atoms with E-state index in [9.17, 15) is 14.4 Å². The second-order valence-electron chi connectivity index (χ2n) is 10.9. The summed E-state index contributed by atoms with van der Waals surface area (Å²) in [7, 11) is 0. The van der Waals surface area contributed by atoms with Gasteiger partial charge in [0.25, 0.3) is 0 Å². The standard InChI is InChI=1S/C29H53NO5/c1-5-6-7-16-19-25-27(35-28(25)32)20-17-14-12-10-8-9-11-13-15-18-24(4)34-29(33)26(30-22-31)21-23(2)3/h22-27H,5-21H2,1-4H3,(H,30,31). The van der Waals surface area contributed by atoms with Gasteiger partial charge in [-0.3, -0.25) is 9.59 Å². The lowest BCUT2D eigenvalue weighted by Crippen LogP contribution is -2.44. The van der Waals surface area contributed by atoms with E-state index in [0.717, 1.165) is 38.5 Å². The van der Waals surface area contributed by atoms with Crippen LogP contribution in [0.4, 0.5) is 0 Å². The number of hydrogen-bond donors (Lipinski definition) is 1. The molecule has 1 aliphatic heterocycles. The zero-order chi connectivity index (χ0) is 25.9. The number of carbonyl (C=O) groups excluding carboxylic acids is 3. The third kappa shape index (κ3) is 14.5. The molecule has 1 aliphatic rings. The molecule has 204 valence electrons. The first-order valence-electron chi connectivity index (χ1n) is 14.5. The SMILES string of the molecule is CCCCCCC1C(=O)OC1CCCCCCCCCCCC(C)OC(=O)C(CC(C)C)NC=O. The molecule has 1 amide bonds. The van der Waals surface area contributed by atoms with Crippen LogP contribution in [0, 0.1) is 11.8 Å². The normalized spacial score (nSPS) is 19.1. The minimum atomic E-state index is -0.546. The van der Waals surface area contributed by atoms with Crippen molar-refractivity contribution >= 4 is 18.3 Å². The van der Waals surface area contributed by atoms with Gasteiger partial charge >= 0.3 is 11.9 Å². The smallest absolute Gasteiger partial charge is 0.328 e. The van der Waals surface area contributed by atoms with E-state index in [1.807, 2.05) is 20.8 Å². The Labute approximate surface area is 214 Å². The first-order chi connectivity index (χ1) is 16.9. The summed E-state index contributed by atoms with van der Waals surface area (Å²) in [5, 5.41) is 2.58. The molecule has 1 rings (SSSR count). The second kappa shape index (κ2) is 19.6. The molecule has 1 heterocycles. The summed E-state index contributed by atoms with van der Waals surface area (Å²) in [6, 6.07) is -0.546. The first-order valence-corrected chi connectivity index (χ1v) is 14.5. The van der Waals surface area contributed by atoms with Crippen molar-refractivity contribution in [1.82, 2.24) is 5.32 Å². The fourth-order valence-electron chi connectivity index (χ4n) is 4.89. The summed E-state index contributed by atoms with van der Waals surface area (Å²) in [6.45, 7) is 8.19. The molecule has 0 aromatic heterocycles. The van der Waals surface area contributed by atoms with Crippen LogP contribution >= 0.6 is 0 Å². The third-order valence-corrected chi connectivity index (χ3v) is 7.07. The second-order valence-corrected chi connectivity index (χ2v) is 10.9. The molecule has 6 heteroatoms. The monoisotopic (exact) mass is 495 g/mol. The van der Waals surface area contributed by atoms with Crippen molar-refractivity contribution in [3.8, 4) is 0 Å². The van der Waals surface area contributed by atoms with Crippen LogP contribution < -0.4 is 5.32 Å². The van der Waals surface area contributed by atoms with E-state index in [4.69, 9.17) is 9.47 Å². The predicted octanol–water partition coefficient (Wildman–Crippen LogP) is 6.88. The molecule has 6 nitrogen and oxygen atoms in total. The summed E-state index contributed by atoms with van der Waals surface area (Å²) < 4.78 is 10.9. The lowest BCUT2D eigenvalue weighted by molar-refractivity contribution is -0.186. The minimum Gasteiger partial charge on any atom is -0.461 e. The Balaban J connectivity index is 1.96. The van der Waals surface area contributed by atoms with E-state index < -0.39 is 6.04 Å². The predicted molar refractivity (Wildman–Crippen MR) is 141 cm³/mol. The highest BCUT2D eigenvalue weighted by atomic mass is 16.6. The number of esters is 2. The molecule has 0 radical (unpaired) electrons. The van der Waals surface area contributed by atoms with Crippen molar-refractivity contribution in [2.45, 2.75) is 155 Å². The fraction of sp³-hybridized carbons (Fsp3) is 0.897. The molecule has 0 bridgehead atoms. The summed E-state index contributed by atoms with van der Waals surface area (Å²) in [4.78, 5) is 34.7. The van der Waals surface area contributed by atoms with Gasteiger partial charge in [-0.05, 0) is 51.4 Å². The van der Waals surface area contributed by atoms with E-state index in [1.54, 1.807) is 0 Å². The van der Waals surface area contributed by atoms with Crippen molar-refractivity contribution in [3.63, 3.8) is 0 Å². The quantitative estimate of drug-likeness (QED) is 0.0949. The summed E-state index contributed by atoms with van der Waals surface area (Å²) in [5.74, 6) is 0.198. The maximum absolute atomic E-state index is 12.2. The molecular formula is C29H53NO5. The van der Waals surface area contributed by atoms with Gasteiger partial charge in [-0.15, -0.1) is 0 Å². The van der Waals surface area contributed by atoms with Crippen LogP contribution in [0.3, 0.4) is 0 Å². The van der Waals surface area contributed by atoms with E-state index in [2.05, 4.69) is 12.2 Å². The first kappa shape index (κ1) is 31.4. The lowest BCUT2D eigenvalue weighted by Gasteiger charge is -2.35. The topological polar surface area (TPSA) is 81.7 Å². The van der Waals surface area contributed by atoms with Crippen LogP contribution in [0.5, 0.6) is 0 Å². The maximum atomic E-state index is 12.2. The Kier molecular flexibility index (Phi) is 17.6. The zero-order valence-corrected chi connectivity index (χ0v) is 23.0. The van der Waals surface area contributed by atoms with Gasteiger partial charge in [0.05, 0.1) is 12.0 Å². The molecule has 35 heavy (non-hydrogen) atoms. The minimum absolute atomic E-state index is 0.0317. The average molecular weight is 496 g/mol. The third-order valence-electron chi connectivity index (χ3n) is 7.07. The number of hydrogen-bond acceptors (Lipinski definition) is 5. The van der Waals surface area contributed by atoms with Crippen LogP contribution in [0.2, 0.25) is 0 Å². The molecule has 1 saturated heterocycles. The van der Waals surface area contributed by atoms with Crippen LogP contribution in [0.15, 0.2) is 0 Å². The number of unbranched alkanes of at least 4 members (excludes halogenated alkanes) is 11. The van der Waals surface area contributed by atoms with Gasteiger partial charge in [-0.25, -0.2) is 4.79 Å². The van der Waals surface area contributed by atoms with Crippen molar-refractivity contribution < 1.29 is 23.9 Å². The lowest BCUT2D eigenvalue weighted by atomic mass is 9.87. The van der Waals surface area contributed by atoms with E-state index >= 15 is 0 Å². The summed E-state index contributed by atoms with van der Waals surface area (Å²) in [6.07, 6.45) is 20.0. The van der Waals surface area contributed by atoms with E-state index in [0.29, 0.717) is 18.7 Å². The van der Waals surface area contributed by atoms with Gasteiger partial charge in [-0.1, -0.05) is 91.4 Å². The molecule has 4 unspecified atom stereocenters. The zero-order valence-electron chi connectivity index (χ0n) is 23.0. The average Bonchev–Trinajstić information content (AvgIpc) is 2.81. The van der Waals surface area contributed by atoms with Gasteiger partial charge in [0.2, 0.25) is 6.41 Å². The van der Waals surface area contributed by atoms with Crippen molar-refractivity contribution in [3.05, 3.63) is 0 Å². The number of cyclic esters (lactones) is 1. The summed E-state index contributed by atoms with van der Waals surface area (Å²) >= 11 is 0. The number of nitrogens with one attached hydrogen (secondary N) is 1. The molecule has 0 aliphatic carbocycles. The Morgan fingerprint density at radius 3 is 2.06 bits per heavy atom. The highest BCUT2D eigenvalue weighted by Crippen LogP contribution is 2.31. The summed E-state index contributed by atoms with van der Waals surface area (Å²) in [5.41, 5.74) is 0. The van der Waals surface area contributed by atoms with Gasteiger partial charge < -0.3 is 14.8 Å². The van der Waals surface area contributed by atoms with Crippen molar-refractivity contribution in [2.75, 3.05) is 0 Å². The van der Waals surface area contributed by atoms with Crippen LogP contribution in [-0.4, -0.2) is 36.6 Å². The van der Waals surface area contributed by atoms with Gasteiger partial charge in [0.1, 0.15) is 12.1 Å². The molecule has 0 aromatic rings. The van der Waals surface area contributed by atoms with Gasteiger partial charge in [0.15, 0.2) is 0 Å². The number of rotatable bonds is 23. The molecule has 0 aromatic carbocycles. The molecule has 1 N–H and O–H groups in total. The molecule has 4 atom stereocenters. The largest absolute Gasteiger partial charge is 0.461 e. The van der Waals surface area contributed by atoms with Crippen LogP contribution in [0.25, 0.3) is 0 Å². The molecule has 0 saturated carbocycles. The number of carbonyl (C=O) groups is 3. The fourth-order valence-corrected chi connectivity index (χ4v) is 4.89. The molecular weight excluding hydrogens is 442 g/mol. The van der Waals surface area contributed by atoms with Crippen LogP contribution in [0.1, 0.15) is 137 Å². The van der Waals surface area contributed by atoms with E-state index in [-0.39, 0.29) is 30.1 Å². The Morgan fingerprint density at radius 1 is 0.914 bits per heavy atom. The number of ether oxygens (including phenoxy) is 2. The Hall–Kier alpha value is -1.59. The van der Waals surface area contributed by atoms with Gasteiger partial charge in [-0.2, -0.15) is 0 Å². The number of amides is 1. The van der Waals surface area contributed by atoms with Gasteiger partial charge in [0, 0.05) is 0 Å². The van der Waals surface area contributed by atoms with Crippen molar-refractivity contribution in [2.24, 2.45) is 11.8 Å². The molecule has 1 fully saturated rings. The Morgan fingerprint density at radius 2 is 1.49 bits per heavy atom.